The fourth-order valence-electron chi connectivity index (χ4n) is 3.68. The molecule has 2 aliphatic heterocycles. The molecular formula is C11H19NO3S. The second-order valence-electron chi connectivity index (χ2n) is 5.24. The topological polar surface area (TPSA) is 46.6 Å². The van der Waals surface area contributed by atoms with Gasteiger partial charge in [-0.3, -0.25) is 4.90 Å². The maximum atomic E-state index is 11.8. The van der Waals surface area contributed by atoms with Crippen molar-refractivity contribution in [3.8, 4) is 0 Å². The summed E-state index contributed by atoms with van der Waals surface area (Å²) in [6, 6.07) is 0. The number of sulfone groups is 1. The molecule has 1 saturated carbocycles. The van der Waals surface area contributed by atoms with Gasteiger partial charge < -0.3 is 4.74 Å². The van der Waals surface area contributed by atoms with Crippen molar-refractivity contribution in [1.82, 2.24) is 4.90 Å². The predicted molar refractivity (Wildman–Crippen MR) is 61.2 cm³/mol. The van der Waals surface area contributed by atoms with Crippen LogP contribution in [0.1, 0.15) is 25.7 Å². The van der Waals surface area contributed by atoms with Crippen LogP contribution in [0.2, 0.25) is 0 Å². The van der Waals surface area contributed by atoms with Gasteiger partial charge in [0.2, 0.25) is 0 Å². The first-order valence-electron chi connectivity index (χ1n) is 6.20. The highest BCUT2D eigenvalue weighted by Crippen LogP contribution is 2.47. The van der Waals surface area contributed by atoms with Crippen LogP contribution in [0, 0.1) is 0 Å². The van der Waals surface area contributed by atoms with Gasteiger partial charge in [-0.25, -0.2) is 8.42 Å². The third kappa shape index (κ3) is 1.45. The molecule has 92 valence electrons. The van der Waals surface area contributed by atoms with E-state index in [4.69, 9.17) is 4.74 Å². The first-order valence-corrected chi connectivity index (χ1v) is 7.91. The van der Waals surface area contributed by atoms with Crippen molar-refractivity contribution >= 4 is 9.84 Å². The molecule has 0 aromatic carbocycles. The summed E-state index contributed by atoms with van der Waals surface area (Å²) in [4.78, 5) is 2.39. The van der Waals surface area contributed by atoms with Crippen molar-refractivity contribution in [2.24, 2.45) is 0 Å². The van der Waals surface area contributed by atoms with Gasteiger partial charge >= 0.3 is 0 Å². The molecule has 2 saturated heterocycles. The molecule has 2 heterocycles. The number of morpholine rings is 1. The molecule has 0 radical (unpaired) electrons. The van der Waals surface area contributed by atoms with E-state index in [1.165, 1.54) is 6.42 Å². The Balaban J connectivity index is 1.85. The molecule has 0 aromatic rings. The average molecular weight is 245 g/mol. The Morgan fingerprint density at radius 1 is 1.19 bits per heavy atom. The molecule has 0 amide bonds. The van der Waals surface area contributed by atoms with E-state index < -0.39 is 9.84 Å². The van der Waals surface area contributed by atoms with Crippen molar-refractivity contribution in [3.63, 3.8) is 0 Å². The third-order valence-electron chi connectivity index (χ3n) is 4.45. The van der Waals surface area contributed by atoms with Gasteiger partial charge in [0, 0.05) is 13.1 Å². The van der Waals surface area contributed by atoms with Crippen molar-refractivity contribution in [1.29, 1.82) is 0 Å². The highest BCUT2D eigenvalue weighted by molar-refractivity contribution is 7.93. The lowest BCUT2D eigenvalue weighted by Crippen LogP contribution is -2.73. The largest absolute Gasteiger partial charge is 0.379 e. The highest BCUT2D eigenvalue weighted by atomic mass is 32.2. The average Bonchev–Trinajstić information content (AvgIpc) is 2.29. The molecule has 1 aliphatic carbocycles. The number of hydrogen-bond donors (Lipinski definition) is 0. The molecule has 0 bridgehead atoms. The fraction of sp³-hybridized carbons (Fsp3) is 1.00. The minimum atomic E-state index is -2.77. The number of rotatable bonds is 1. The van der Waals surface area contributed by atoms with E-state index in [2.05, 4.69) is 4.90 Å². The van der Waals surface area contributed by atoms with Crippen LogP contribution in [0.5, 0.6) is 0 Å². The molecule has 0 aromatic heterocycles. The van der Waals surface area contributed by atoms with Crippen molar-refractivity contribution in [2.45, 2.75) is 36.5 Å². The molecule has 3 fully saturated rings. The second-order valence-corrected chi connectivity index (χ2v) is 7.43. The standard InChI is InChI=1S/C11H19NO3S/c13-16(14)9-11(4-2-1-3-10(11)16)12-5-7-15-8-6-12/h10H,1-9H2/t10-,11-/m1/s1. The summed E-state index contributed by atoms with van der Waals surface area (Å²) in [5, 5.41) is -0.0770. The molecular weight excluding hydrogens is 226 g/mol. The quantitative estimate of drug-likeness (QED) is 0.672. The minimum absolute atomic E-state index is 0.0130. The van der Waals surface area contributed by atoms with E-state index in [9.17, 15) is 8.42 Å². The molecule has 2 atom stereocenters. The zero-order valence-electron chi connectivity index (χ0n) is 9.52. The summed E-state index contributed by atoms with van der Waals surface area (Å²) in [7, 11) is -2.77. The van der Waals surface area contributed by atoms with Crippen LogP contribution in [-0.2, 0) is 14.6 Å². The first kappa shape index (κ1) is 11.0. The Morgan fingerprint density at radius 2 is 1.94 bits per heavy atom. The summed E-state index contributed by atoms with van der Waals surface area (Å²) < 4.78 is 29.0. The van der Waals surface area contributed by atoms with Crippen molar-refractivity contribution in [3.05, 3.63) is 0 Å². The maximum absolute atomic E-state index is 11.8. The van der Waals surface area contributed by atoms with Crippen LogP contribution < -0.4 is 0 Å². The summed E-state index contributed by atoms with van der Waals surface area (Å²) in [6.07, 6.45) is 4.20. The van der Waals surface area contributed by atoms with E-state index in [-0.39, 0.29) is 10.8 Å². The van der Waals surface area contributed by atoms with Gasteiger partial charge in [-0.2, -0.15) is 0 Å². The zero-order valence-corrected chi connectivity index (χ0v) is 10.3. The molecule has 4 nitrogen and oxygen atoms in total. The molecule has 3 aliphatic rings. The molecule has 0 unspecified atom stereocenters. The lowest BCUT2D eigenvalue weighted by Gasteiger charge is -2.58. The van der Waals surface area contributed by atoms with E-state index in [0.29, 0.717) is 5.75 Å². The predicted octanol–water partition coefficient (Wildman–Crippen LogP) is 0.428. The van der Waals surface area contributed by atoms with Crippen LogP contribution in [-0.4, -0.2) is 56.2 Å². The molecule has 0 spiro atoms. The van der Waals surface area contributed by atoms with Gasteiger partial charge in [0.25, 0.3) is 0 Å². The maximum Gasteiger partial charge on any atom is 0.156 e. The summed E-state index contributed by atoms with van der Waals surface area (Å²) in [5.41, 5.74) is -0.0130. The van der Waals surface area contributed by atoms with E-state index in [1.54, 1.807) is 0 Å². The summed E-state index contributed by atoms with van der Waals surface area (Å²) in [6.45, 7) is 3.33. The number of nitrogens with zero attached hydrogens (tertiary/aromatic N) is 1. The molecule has 16 heavy (non-hydrogen) atoms. The van der Waals surface area contributed by atoms with E-state index in [0.717, 1.165) is 45.6 Å². The number of ether oxygens (including phenoxy) is 1. The van der Waals surface area contributed by atoms with Gasteiger partial charge in [-0.1, -0.05) is 12.8 Å². The lowest BCUT2D eigenvalue weighted by atomic mass is 9.80. The Labute approximate surface area is 96.9 Å². The van der Waals surface area contributed by atoms with Crippen LogP contribution in [0.4, 0.5) is 0 Å². The van der Waals surface area contributed by atoms with Crippen molar-refractivity contribution in [2.75, 3.05) is 32.1 Å². The Morgan fingerprint density at radius 3 is 2.62 bits per heavy atom. The molecule has 5 heteroatoms. The van der Waals surface area contributed by atoms with E-state index in [1.807, 2.05) is 0 Å². The third-order valence-corrected chi connectivity index (χ3v) is 6.89. The smallest absolute Gasteiger partial charge is 0.156 e. The Bertz CT molecular complexity index is 375. The lowest BCUT2D eigenvalue weighted by molar-refractivity contribution is -0.0341. The van der Waals surface area contributed by atoms with Gasteiger partial charge in [0.1, 0.15) is 0 Å². The van der Waals surface area contributed by atoms with Gasteiger partial charge in [-0.05, 0) is 12.8 Å². The van der Waals surface area contributed by atoms with Gasteiger partial charge in [0.15, 0.2) is 9.84 Å². The first-order chi connectivity index (χ1) is 7.65. The van der Waals surface area contributed by atoms with Crippen molar-refractivity contribution < 1.29 is 13.2 Å². The Kier molecular flexibility index (Phi) is 2.53. The second kappa shape index (κ2) is 3.68. The SMILES string of the molecule is O=S1(=O)C[C@]2(N3CCOCC3)CCCC[C@H]21. The monoisotopic (exact) mass is 245 g/mol. The normalized spacial score (nSPS) is 43.4. The van der Waals surface area contributed by atoms with Crippen LogP contribution >= 0.6 is 0 Å². The highest BCUT2D eigenvalue weighted by Gasteiger charge is 2.61. The molecule has 3 rings (SSSR count). The fourth-order valence-corrected chi connectivity index (χ4v) is 6.35. The zero-order chi connectivity index (χ0) is 11.2. The number of hydrogen-bond acceptors (Lipinski definition) is 4. The van der Waals surface area contributed by atoms with Gasteiger partial charge in [0.05, 0.1) is 29.8 Å². The Hall–Kier alpha value is -0.130. The summed E-state index contributed by atoms with van der Waals surface area (Å²) in [5.74, 6) is 0.394. The van der Waals surface area contributed by atoms with Crippen LogP contribution in [0.3, 0.4) is 0 Å². The number of fused-ring (bicyclic) bond motifs is 1. The van der Waals surface area contributed by atoms with Gasteiger partial charge in [-0.15, -0.1) is 0 Å². The van der Waals surface area contributed by atoms with Crippen LogP contribution in [0.25, 0.3) is 0 Å². The van der Waals surface area contributed by atoms with E-state index >= 15 is 0 Å². The molecule has 0 N–H and O–H groups in total. The summed E-state index contributed by atoms with van der Waals surface area (Å²) >= 11 is 0. The minimum Gasteiger partial charge on any atom is -0.379 e. The van der Waals surface area contributed by atoms with Crippen LogP contribution in [0.15, 0.2) is 0 Å².